The van der Waals surface area contributed by atoms with Gasteiger partial charge in [0.05, 0.1) is 5.56 Å². The molecule has 4 heteroatoms. The van der Waals surface area contributed by atoms with Crippen molar-refractivity contribution < 1.29 is 13.2 Å². The van der Waals surface area contributed by atoms with E-state index in [4.69, 9.17) is 0 Å². The minimum atomic E-state index is -4.24. The summed E-state index contributed by atoms with van der Waals surface area (Å²) in [5.41, 5.74) is 0.807. The van der Waals surface area contributed by atoms with Crippen molar-refractivity contribution in [2.75, 3.05) is 13.1 Å². The second-order valence-electron chi connectivity index (χ2n) is 5.16. The summed E-state index contributed by atoms with van der Waals surface area (Å²) in [5.74, 6) is 0.532. The van der Waals surface area contributed by atoms with Crippen LogP contribution in [0.25, 0.3) is 0 Å². The van der Waals surface area contributed by atoms with Gasteiger partial charge in [0.2, 0.25) is 0 Å². The fourth-order valence-corrected chi connectivity index (χ4v) is 3.24. The summed E-state index contributed by atoms with van der Waals surface area (Å²) < 4.78 is 38.5. The van der Waals surface area contributed by atoms with Gasteiger partial charge in [-0.15, -0.1) is 0 Å². The van der Waals surface area contributed by atoms with Gasteiger partial charge in [-0.1, -0.05) is 12.1 Å². The molecule has 92 valence electrons. The van der Waals surface area contributed by atoms with Crippen LogP contribution in [0.15, 0.2) is 18.2 Å². The Kier molecular flexibility index (Phi) is 2.12. The van der Waals surface area contributed by atoms with E-state index in [1.54, 1.807) is 6.92 Å². The molecule has 1 aromatic rings. The summed E-state index contributed by atoms with van der Waals surface area (Å²) in [4.78, 5) is 0. The van der Waals surface area contributed by atoms with Gasteiger partial charge in [0.15, 0.2) is 0 Å². The monoisotopic (exact) mass is 241 g/mol. The zero-order valence-electron chi connectivity index (χ0n) is 9.56. The quantitative estimate of drug-likeness (QED) is 0.797. The van der Waals surface area contributed by atoms with Gasteiger partial charge in [-0.2, -0.15) is 13.2 Å². The molecule has 1 aromatic carbocycles. The minimum Gasteiger partial charge on any atom is -0.316 e. The maximum absolute atomic E-state index is 12.8. The summed E-state index contributed by atoms with van der Waals surface area (Å²) in [6.07, 6.45) is -3.21. The number of alkyl halides is 3. The molecule has 0 spiro atoms. The first-order chi connectivity index (χ1) is 7.95. The van der Waals surface area contributed by atoms with E-state index in [0.717, 1.165) is 25.1 Å². The van der Waals surface area contributed by atoms with Crippen molar-refractivity contribution in [3.05, 3.63) is 34.9 Å². The molecule has 2 atom stereocenters. The third kappa shape index (κ3) is 1.50. The van der Waals surface area contributed by atoms with Crippen LogP contribution >= 0.6 is 0 Å². The van der Waals surface area contributed by atoms with Crippen molar-refractivity contribution in [2.24, 2.45) is 5.92 Å². The third-order valence-electron chi connectivity index (χ3n) is 4.24. The molecule has 1 N–H and O–H groups in total. The maximum atomic E-state index is 12.8. The zero-order chi connectivity index (χ0) is 12.3. The topological polar surface area (TPSA) is 12.0 Å². The smallest absolute Gasteiger partial charge is 0.316 e. The van der Waals surface area contributed by atoms with Crippen LogP contribution in [-0.4, -0.2) is 13.1 Å². The number of piperidine rings is 1. The van der Waals surface area contributed by atoms with Crippen molar-refractivity contribution >= 4 is 0 Å². The number of rotatable bonds is 1. The van der Waals surface area contributed by atoms with Gasteiger partial charge < -0.3 is 5.32 Å². The molecule has 1 aliphatic heterocycles. The number of nitrogens with one attached hydrogen (secondary N) is 1. The lowest BCUT2D eigenvalue weighted by molar-refractivity contribution is -0.138. The Labute approximate surface area is 98.0 Å². The molecule has 0 bridgehead atoms. The van der Waals surface area contributed by atoms with Gasteiger partial charge in [0.25, 0.3) is 0 Å². The highest BCUT2D eigenvalue weighted by molar-refractivity contribution is 5.46. The molecule has 17 heavy (non-hydrogen) atoms. The van der Waals surface area contributed by atoms with E-state index in [1.807, 2.05) is 6.07 Å². The highest BCUT2D eigenvalue weighted by Gasteiger charge is 2.58. The molecule has 0 radical (unpaired) electrons. The van der Waals surface area contributed by atoms with E-state index in [1.165, 1.54) is 12.1 Å². The zero-order valence-corrected chi connectivity index (χ0v) is 9.56. The largest absolute Gasteiger partial charge is 0.416 e. The van der Waals surface area contributed by atoms with Crippen LogP contribution in [-0.2, 0) is 11.6 Å². The Morgan fingerprint density at radius 3 is 2.65 bits per heavy atom. The van der Waals surface area contributed by atoms with Gasteiger partial charge in [-0.3, -0.25) is 0 Å². The molecule has 3 rings (SSSR count). The first-order valence-corrected chi connectivity index (χ1v) is 5.83. The standard InChI is InChI=1S/C13H14F3N/c1-8-10(12-5-9(12)6-17-7-12)3-2-4-11(8)13(14,15)16/h2-4,9,17H,5-7H2,1H3. The van der Waals surface area contributed by atoms with E-state index < -0.39 is 11.7 Å². The van der Waals surface area contributed by atoms with Crippen LogP contribution in [0.3, 0.4) is 0 Å². The predicted octanol–water partition coefficient (Wildman–Crippen LogP) is 2.87. The molecular formula is C13H14F3N. The SMILES string of the molecule is Cc1c(C(F)(F)F)cccc1C12CNCC1C2. The van der Waals surface area contributed by atoms with Crippen molar-refractivity contribution in [1.29, 1.82) is 0 Å². The highest BCUT2D eigenvalue weighted by Crippen LogP contribution is 2.57. The fourth-order valence-electron chi connectivity index (χ4n) is 3.24. The molecule has 0 amide bonds. The normalized spacial score (nSPS) is 31.4. The number of hydrogen-bond donors (Lipinski definition) is 1. The Bertz CT molecular complexity index is 466. The predicted molar refractivity (Wildman–Crippen MR) is 58.8 cm³/mol. The van der Waals surface area contributed by atoms with Gasteiger partial charge in [-0.05, 0) is 43.0 Å². The first kappa shape index (κ1) is 11.1. The Morgan fingerprint density at radius 2 is 2.12 bits per heavy atom. The molecule has 2 fully saturated rings. The third-order valence-corrected chi connectivity index (χ3v) is 4.24. The minimum absolute atomic E-state index is 0.00859. The van der Waals surface area contributed by atoms with Crippen molar-refractivity contribution in [1.82, 2.24) is 5.32 Å². The van der Waals surface area contributed by atoms with Crippen LogP contribution < -0.4 is 5.32 Å². The number of hydrogen-bond acceptors (Lipinski definition) is 1. The van der Waals surface area contributed by atoms with Gasteiger partial charge in [-0.25, -0.2) is 0 Å². The maximum Gasteiger partial charge on any atom is 0.416 e. The summed E-state index contributed by atoms with van der Waals surface area (Å²) in [5, 5.41) is 3.27. The fraction of sp³-hybridized carbons (Fsp3) is 0.538. The molecule has 1 aliphatic carbocycles. The molecule has 1 saturated carbocycles. The molecule has 1 heterocycles. The molecule has 0 aromatic heterocycles. The number of fused-ring (bicyclic) bond motifs is 1. The Morgan fingerprint density at radius 1 is 1.35 bits per heavy atom. The van der Waals surface area contributed by atoms with Crippen LogP contribution in [0, 0.1) is 12.8 Å². The van der Waals surface area contributed by atoms with Crippen molar-refractivity contribution in [2.45, 2.75) is 24.9 Å². The summed E-state index contributed by atoms with van der Waals surface area (Å²) in [6.45, 7) is 3.36. The molecular weight excluding hydrogens is 227 g/mol. The lowest BCUT2D eigenvalue weighted by Gasteiger charge is -2.19. The lowest BCUT2D eigenvalue weighted by atomic mass is 9.88. The summed E-state index contributed by atoms with van der Waals surface area (Å²) >= 11 is 0. The molecule has 2 aliphatic rings. The number of benzene rings is 1. The molecule has 1 nitrogen and oxygen atoms in total. The van der Waals surface area contributed by atoms with Crippen molar-refractivity contribution in [3.63, 3.8) is 0 Å². The average molecular weight is 241 g/mol. The Hall–Kier alpha value is -1.03. The lowest BCUT2D eigenvalue weighted by Crippen LogP contribution is -2.21. The second-order valence-corrected chi connectivity index (χ2v) is 5.16. The van der Waals surface area contributed by atoms with Crippen LogP contribution in [0.4, 0.5) is 13.2 Å². The first-order valence-electron chi connectivity index (χ1n) is 5.83. The van der Waals surface area contributed by atoms with Gasteiger partial charge in [0, 0.05) is 12.0 Å². The van der Waals surface area contributed by atoms with E-state index in [-0.39, 0.29) is 5.41 Å². The summed E-state index contributed by atoms with van der Waals surface area (Å²) in [7, 11) is 0. The molecule has 1 saturated heterocycles. The van der Waals surface area contributed by atoms with Crippen LogP contribution in [0.2, 0.25) is 0 Å². The van der Waals surface area contributed by atoms with Crippen LogP contribution in [0.5, 0.6) is 0 Å². The van der Waals surface area contributed by atoms with E-state index in [9.17, 15) is 13.2 Å². The van der Waals surface area contributed by atoms with E-state index in [2.05, 4.69) is 5.32 Å². The van der Waals surface area contributed by atoms with Gasteiger partial charge >= 0.3 is 6.18 Å². The van der Waals surface area contributed by atoms with Crippen LogP contribution in [0.1, 0.15) is 23.1 Å². The van der Waals surface area contributed by atoms with E-state index >= 15 is 0 Å². The van der Waals surface area contributed by atoms with E-state index in [0.29, 0.717) is 11.5 Å². The second kappa shape index (κ2) is 3.25. The molecule has 2 unspecified atom stereocenters. The van der Waals surface area contributed by atoms with Crippen molar-refractivity contribution in [3.8, 4) is 0 Å². The average Bonchev–Trinajstić information content (AvgIpc) is 2.80. The highest BCUT2D eigenvalue weighted by atomic mass is 19.4. The summed E-state index contributed by atoms with van der Waals surface area (Å²) in [6, 6.07) is 4.57. The number of halogens is 3. The Balaban J connectivity index is 2.08. The van der Waals surface area contributed by atoms with Gasteiger partial charge in [0.1, 0.15) is 0 Å².